The van der Waals surface area contributed by atoms with E-state index in [1.807, 2.05) is 50.3 Å². The van der Waals surface area contributed by atoms with Gasteiger partial charge >= 0.3 is 42.1 Å². The number of rotatable bonds is 41. The Kier molecular flexibility index (Phi) is 40.0. The number of amides is 7. The summed E-state index contributed by atoms with van der Waals surface area (Å²) in [7, 11) is 0. The molecular formula is C61H101IN8O16. The highest BCUT2D eigenvalue weighted by Crippen LogP contribution is 2.20. The number of hydrogen-bond donors (Lipinski definition) is 7. The van der Waals surface area contributed by atoms with Crippen molar-refractivity contribution in [2.75, 3.05) is 39.5 Å². The van der Waals surface area contributed by atoms with E-state index in [9.17, 15) is 47.9 Å². The highest BCUT2D eigenvalue weighted by Gasteiger charge is 2.30. The third-order valence-corrected chi connectivity index (χ3v) is 13.6. The molecule has 0 fully saturated rings. The van der Waals surface area contributed by atoms with Crippen LogP contribution in [0.2, 0.25) is 0 Å². The summed E-state index contributed by atoms with van der Waals surface area (Å²) in [6, 6.07) is 1.02. The summed E-state index contributed by atoms with van der Waals surface area (Å²) in [5.41, 5.74) is -0.806. The van der Waals surface area contributed by atoms with E-state index in [0.29, 0.717) is 105 Å². The molecule has 3 unspecified atom stereocenters. The molecule has 1 rings (SSSR count). The zero-order chi connectivity index (χ0) is 64.5. The van der Waals surface area contributed by atoms with E-state index in [1.165, 1.54) is 0 Å². The van der Waals surface area contributed by atoms with Crippen molar-refractivity contribution >= 4 is 88.4 Å². The molecule has 7 N–H and O–H groups in total. The van der Waals surface area contributed by atoms with Crippen LogP contribution in [0.3, 0.4) is 0 Å². The molecule has 0 bridgehead atoms. The van der Waals surface area contributed by atoms with E-state index in [-0.39, 0.29) is 89.3 Å². The van der Waals surface area contributed by atoms with Crippen LogP contribution in [-0.2, 0) is 63.7 Å². The number of urea groups is 1. The van der Waals surface area contributed by atoms with Crippen LogP contribution >= 0.6 is 22.6 Å². The third-order valence-electron chi connectivity index (χ3n) is 12.6. The summed E-state index contributed by atoms with van der Waals surface area (Å²) < 4.78 is 32.8. The topological polar surface area (TPSA) is 325 Å². The number of guanidine groups is 1. The van der Waals surface area contributed by atoms with Crippen LogP contribution in [0.25, 0.3) is 0 Å². The van der Waals surface area contributed by atoms with Crippen LogP contribution in [0.1, 0.15) is 226 Å². The molecule has 7 amide bonds. The highest BCUT2D eigenvalue weighted by atomic mass is 127. The second kappa shape index (κ2) is 44.2. The molecule has 0 aromatic heterocycles. The number of benzene rings is 1. The van der Waals surface area contributed by atoms with E-state index < -0.39 is 77.4 Å². The lowest BCUT2D eigenvalue weighted by molar-refractivity contribution is -0.148. The van der Waals surface area contributed by atoms with Gasteiger partial charge in [-0.15, -0.1) is 0 Å². The first-order chi connectivity index (χ1) is 40.7. The summed E-state index contributed by atoms with van der Waals surface area (Å²) >= 11 is 2.03. The molecule has 0 saturated carbocycles. The molecular weight excluding hydrogens is 1230 g/mol. The minimum Gasteiger partial charge on any atom is -0.466 e. The maximum atomic E-state index is 13.2. The number of carbonyl (C=O) groups is 10. The predicted octanol–water partition coefficient (Wildman–Crippen LogP) is 9.69. The molecule has 0 radical (unpaired) electrons. The lowest BCUT2D eigenvalue weighted by atomic mass is 10.1. The van der Waals surface area contributed by atoms with Crippen LogP contribution in [0, 0.1) is 8.98 Å². The van der Waals surface area contributed by atoms with Gasteiger partial charge in [0.25, 0.3) is 5.91 Å². The SMILES string of the molecule is CCCCOC(=O)CCC(NC(=O)NC(CCCCNC(=O)CCCCCCC(=O)NC(CCCCNC(=O)c1ccc(CN(C(=N)NC(=O)OC(C)(C)C)C(=O)OC(C)(C)C)c(I)c1)C(=O)OCCCC)C(=O)OCCCC)C(=O)OCCCC. The average Bonchev–Trinajstić information content (AvgIpc) is 2.79. The van der Waals surface area contributed by atoms with Gasteiger partial charge in [0.05, 0.1) is 33.0 Å². The Morgan fingerprint density at radius 3 is 1.49 bits per heavy atom. The highest BCUT2D eigenvalue weighted by molar-refractivity contribution is 14.1. The van der Waals surface area contributed by atoms with Crippen LogP contribution in [0.5, 0.6) is 0 Å². The van der Waals surface area contributed by atoms with E-state index in [1.54, 1.807) is 59.7 Å². The fraction of sp³-hybridized carbons (Fsp3) is 0.721. The van der Waals surface area contributed by atoms with Gasteiger partial charge in [-0.25, -0.2) is 33.7 Å². The van der Waals surface area contributed by atoms with Gasteiger partial charge in [-0.05, 0) is 165 Å². The number of nitrogens with one attached hydrogen (secondary N) is 7. The molecule has 488 valence electrons. The van der Waals surface area contributed by atoms with Crippen LogP contribution in [-0.4, -0.2) is 140 Å². The summed E-state index contributed by atoms with van der Waals surface area (Å²) in [6.45, 7) is 19.2. The maximum Gasteiger partial charge on any atom is 0.417 e. The van der Waals surface area contributed by atoms with E-state index in [0.717, 1.165) is 30.6 Å². The van der Waals surface area contributed by atoms with E-state index >= 15 is 0 Å². The Balaban J connectivity index is 2.67. The zero-order valence-electron chi connectivity index (χ0n) is 52.8. The lowest BCUT2D eigenvalue weighted by Gasteiger charge is -2.28. The first-order valence-corrected chi connectivity index (χ1v) is 31.8. The number of carbonyl (C=O) groups excluding carboxylic acids is 10. The molecule has 86 heavy (non-hydrogen) atoms. The Morgan fingerprint density at radius 1 is 0.535 bits per heavy atom. The third kappa shape index (κ3) is 37.3. The molecule has 3 atom stereocenters. The predicted molar refractivity (Wildman–Crippen MR) is 333 cm³/mol. The van der Waals surface area contributed by atoms with Crippen molar-refractivity contribution in [3.05, 3.63) is 32.9 Å². The molecule has 1 aromatic carbocycles. The zero-order valence-corrected chi connectivity index (χ0v) is 55.0. The number of nitrogens with zero attached hydrogens (tertiary/aromatic N) is 1. The molecule has 0 heterocycles. The number of alkyl carbamates (subject to hydrolysis) is 1. The summed E-state index contributed by atoms with van der Waals surface area (Å²) in [4.78, 5) is 130. The van der Waals surface area contributed by atoms with Crippen molar-refractivity contribution in [3.63, 3.8) is 0 Å². The first kappa shape index (κ1) is 77.7. The maximum absolute atomic E-state index is 13.2. The molecule has 0 aliphatic carbocycles. The van der Waals surface area contributed by atoms with Crippen molar-refractivity contribution in [2.45, 2.75) is 246 Å². The summed E-state index contributed by atoms with van der Waals surface area (Å²) in [5, 5.41) is 24.6. The monoisotopic (exact) mass is 1330 g/mol. The minimum absolute atomic E-state index is 0.0525. The quantitative estimate of drug-likeness (QED) is 0.00801. The fourth-order valence-corrected chi connectivity index (χ4v) is 8.47. The first-order valence-electron chi connectivity index (χ1n) is 30.7. The number of esters is 4. The van der Waals surface area contributed by atoms with Crippen LogP contribution in [0.15, 0.2) is 18.2 Å². The molecule has 0 aliphatic rings. The van der Waals surface area contributed by atoms with Gasteiger partial charge in [-0.2, -0.15) is 0 Å². The Morgan fingerprint density at radius 2 is 1.00 bits per heavy atom. The van der Waals surface area contributed by atoms with Crippen molar-refractivity contribution in [2.24, 2.45) is 0 Å². The van der Waals surface area contributed by atoms with Crippen molar-refractivity contribution in [1.82, 2.24) is 36.8 Å². The van der Waals surface area contributed by atoms with Gasteiger partial charge in [0.2, 0.25) is 17.8 Å². The average molecular weight is 1330 g/mol. The number of ether oxygens (including phenoxy) is 6. The normalized spacial score (nSPS) is 12.2. The second-order valence-corrected chi connectivity index (χ2v) is 24.0. The lowest BCUT2D eigenvalue weighted by Crippen LogP contribution is -2.52. The van der Waals surface area contributed by atoms with Gasteiger partial charge < -0.3 is 55.0 Å². The van der Waals surface area contributed by atoms with E-state index in [2.05, 4.69) is 31.9 Å². The molecule has 24 nitrogen and oxygen atoms in total. The van der Waals surface area contributed by atoms with Crippen molar-refractivity contribution in [1.29, 1.82) is 5.41 Å². The number of halogens is 1. The molecule has 0 spiro atoms. The summed E-state index contributed by atoms with van der Waals surface area (Å²) in [5.74, 6) is -3.70. The fourth-order valence-electron chi connectivity index (χ4n) is 7.79. The minimum atomic E-state index is -1.15. The molecule has 25 heteroatoms. The standard InChI is InChI=1S/C61H101IN8O16/c1-11-15-37-81-51(73)34-33-48(55(77)84-40-18-14-4)68-57(78)67-47(54(76)83-39-17-13-3)28-23-25-35-64-49(71)29-21-19-20-22-30-50(72)66-46(53(75)82-38-16-12-2)27-24-26-36-65-52(74)43-31-32-44(45(62)41-43)42-70(59(80)86-61(8,9)10)56(63)69-58(79)85-60(5,6)7/h31-32,41,46-48H,11-30,33-40,42H2,1-10H3,(H,64,71)(H,65,74)(H,66,72)(H2,63,69,79)(H2,67,68,78). The van der Waals surface area contributed by atoms with Gasteiger partial charge in [-0.3, -0.25) is 29.9 Å². The second-order valence-electron chi connectivity index (χ2n) is 22.9. The Labute approximate surface area is 523 Å². The van der Waals surface area contributed by atoms with Gasteiger partial charge in [-0.1, -0.05) is 72.3 Å². The number of hydrogen-bond acceptors (Lipinski definition) is 17. The van der Waals surface area contributed by atoms with Crippen molar-refractivity contribution in [3.8, 4) is 0 Å². The molecule has 0 aliphatic heterocycles. The van der Waals surface area contributed by atoms with Crippen LogP contribution < -0.4 is 31.9 Å². The number of unbranched alkanes of at least 4 members (excludes halogenated alkanes) is 9. The Hall–Kier alpha value is -6.28. The molecule has 1 aromatic rings. The van der Waals surface area contributed by atoms with Crippen molar-refractivity contribution < 1.29 is 76.4 Å². The van der Waals surface area contributed by atoms with Crippen LogP contribution in [0.4, 0.5) is 14.4 Å². The molecule has 0 saturated heterocycles. The van der Waals surface area contributed by atoms with Gasteiger partial charge in [0, 0.05) is 41.5 Å². The smallest absolute Gasteiger partial charge is 0.417 e. The van der Waals surface area contributed by atoms with E-state index in [4.69, 9.17) is 33.8 Å². The largest absolute Gasteiger partial charge is 0.466 e. The summed E-state index contributed by atoms with van der Waals surface area (Å²) in [6.07, 6.45) is 9.34. The van der Waals surface area contributed by atoms with Gasteiger partial charge in [0.15, 0.2) is 0 Å². The van der Waals surface area contributed by atoms with Gasteiger partial charge in [0.1, 0.15) is 29.3 Å². The Bertz CT molecular complexity index is 2290.